The third-order valence-corrected chi connectivity index (χ3v) is 2.06. The number of pyridine rings is 1. The maximum absolute atomic E-state index is 11.7. The minimum absolute atomic E-state index is 0.139. The molecule has 0 aliphatic carbocycles. The van der Waals surface area contributed by atoms with Gasteiger partial charge in [0.15, 0.2) is 5.52 Å². The van der Waals surface area contributed by atoms with Crippen molar-refractivity contribution in [2.75, 3.05) is 12.4 Å². The van der Waals surface area contributed by atoms with E-state index in [4.69, 9.17) is 0 Å². The lowest BCUT2D eigenvalue weighted by molar-refractivity contribution is 0.848. The van der Waals surface area contributed by atoms with Crippen molar-refractivity contribution in [3.05, 3.63) is 28.7 Å². The van der Waals surface area contributed by atoms with Crippen molar-refractivity contribution in [3.8, 4) is 0 Å². The van der Waals surface area contributed by atoms with E-state index in [0.717, 1.165) is 0 Å². The van der Waals surface area contributed by atoms with Crippen LogP contribution in [0.2, 0.25) is 0 Å². The summed E-state index contributed by atoms with van der Waals surface area (Å²) in [6.07, 6.45) is 1.59. The molecule has 0 saturated heterocycles. The smallest absolute Gasteiger partial charge is 0.281 e. The van der Waals surface area contributed by atoms with Gasteiger partial charge in [0.1, 0.15) is 0 Å². The quantitative estimate of drug-likeness (QED) is 0.705. The summed E-state index contributed by atoms with van der Waals surface area (Å²) in [6.45, 7) is 0. The SMILES string of the molecule is CNc1nc2cccnc2c(=O)n1C. The van der Waals surface area contributed by atoms with Gasteiger partial charge >= 0.3 is 0 Å². The predicted molar refractivity (Wildman–Crippen MR) is 54.3 cm³/mol. The predicted octanol–water partition coefficient (Wildman–Crippen LogP) is 0.370. The second-order valence-electron chi connectivity index (χ2n) is 2.92. The zero-order chi connectivity index (χ0) is 10.1. The minimum Gasteiger partial charge on any atom is -0.359 e. The van der Waals surface area contributed by atoms with Crippen LogP contribution >= 0.6 is 0 Å². The van der Waals surface area contributed by atoms with Crippen LogP contribution in [0.15, 0.2) is 23.1 Å². The van der Waals surface area contributed by atoms with Gasteiger partial charge in [-0.15, -0.1) is 0 Å². The second kappa shape index (κ2) is 3.10. The fourth-order valence-corrected chi connectivity index (χ4v) is 1.32. The highest BCUT2D eigenvalue weighted by Crippen LogP contribution is 2.06. The Kier molecular flexibility index (Phi) is 1.92. The van der Waals surface area contributed by atoms with E-state index in [-0.39, 0.29) is 5.56 Å². The number of aromatic nitrogens is 3. The van der Waals surface area contributed by atoms with Crippen LogP contribution in [0.4, 0.5) is 5.95 Å². The van der Waals surface area contributed by atoms with E-state index in [0.29, 0.717) is 17.0 Å². The van der Waals surface area contributed by atoms with Gasteiger partial charge in [0.25, 0.3) is 5.56 Å². The van der Waals surface area contributed by atoms with Gasteiger partial charge in [-0.1, -0.05) is 0 Å². The molecule has 2 aromatic rings. The molecule has 14 heavy (non-hydrogen) atoms. The van der Waals surface area contributed by atoms with Gasteiger partial charge in [-0.3, -0.25) is 9.36 Å². The molecule has 2 aromatic heterocycles. The maximum atomic E-state index is 11.7. The van der Waals surface area contributed by atoms with Crippen LogP contribution < -0.4 is 10.9 Å². The number of nitrogens with one attached hydrogen (secondary N) is 1. The molecule has 0 aliphatic heterocycles. The Bertz CT molecular complexity index is 532. The zero-order valence-corrected chi connectivity index (χ0v) is 7.98. The molecule has 2 heterocycles. The number of rotatable bonds is 1. The van der Waals surface area contributed by atoms with Crippen molar-refractivity contribution in [3.63, 3.8) is 0 Å². The average Bonchev–Trinajstić information content (AvgIpc) is 2.23. The van der Waals surface area contributed by atoms with Crippen molar-refractivity contribution < 1.29 is 0 Å². The standard InChI is InChI=1S/C9H10N4O/c1-10-9-12-6-4-3-5-11-7(6)8(14)13(9)2/h3-5H,1-2H3,(H,10,12). The first-order valence-electron chi connectivity index (χ1n) is 4.23. The van der Waals surface area contributed by atoms with Crippen LogP contribution in [-0.2, 0) is 7.05 Å². The monoisotopic (exact) mass is 190 g/mol. The summed E-state index contributed by atoms with van der Waals surface area (Å²) < 4.78 is 1.44. The molecule has 5 nitrogen and oxygen atoms in total. The topological polar surface area (TPSA) is 59.8 Å². The first-order valence-corrected chi connectivity index (χ1v) is 4.23. The molecule has 0 spiro atoms. The third kappa shape index (κ3) is 1.14. The van der Waals surface area contributed by atoms with Gasteiger partial charge in [0, 0.05) is 20.3 Å². The number of fused-ring (bicyclic) bond motifs is 1. The van der Waals surface area contributed by atoms with Crippen molar-refractivity contribution in [2.45, 2.75) is 0 Å². The Balaban J connectivity index is 2.92. The molecule has 0 aliphatic rings. The molecule has 0 atom stereocenters. The van der Waals surface area contributed by atoms with E-state index in [1.54, 1.807) is 32.4 Å². The van der Waals surface area contributed by atoms with Crippen molar-refractivity contribution in [2.24, 2.45) is 7.05 Å². The molecule has 0 radical (unpaired) electrons. The molecule has 0 bridgehead atoms. The highest BCUT2D eigenvalue weighted by molar-refractivity contribution is 5.73. The van der Waals surface area contributed by atoms with Gasteiger partial charge in [-0.2, -0.15) is 0 Å². The molecule has 0 unspecified atom stereocenters. The first-order chi connectivity index (χ1) is 6.74. The normalized spacial score (nSPS) is 10.4. The average molecular weight is 190 g/mol. The summed E-state index contributed by atoms with van der Waals surface area (Å²) in [5, 5.41) is 2.85. The van der Waals surface area contributed by atoms with Crippen LogP contribution in [0.1, 0.15) is 0 Å². The Hall–Kier alpha value is -1.91. The number of anilines is 1. The number of nitrogens with zero attached hydrogens (tertiary/aromatic N) is 3. The van der Waals surface area contributed by atoms with Crippen LogP contribution in [0.3, 0.4) is 0 Å². The Labute approximate surface area is 80.4 Å². The summed E-state index contributed by atoms with van der Waals surface area (Å²) in [7, 11) is 3.39. The number of hydrogen-bond acceptors (Lipinski definition) is 4. The second-order valence-corrected chi connectivity index (χ2v) is 2.92. The van der Waals surface area contributed by atoms with Crippen LogP contribution in [-0.4, -0.2) is 21.6 Å². The first kappa shape index (κ1) is 8.68. The van der Waals surface area contributed by atoms with Gasteiger partial charge in [0.05, 0.1) is 5.52 Å². The molecular formula is C9H10N4O. The van der Waals surface area contributed by atoms with Crippen LogP contribution in [0, 0.1) is 0 Å². The molecule has 1 N–H and O–H groups in total. The molecule has 0 aromatic carbocycles. The number of hydrogen-bond donors (Lipinski definition) is 1. The third-order valence-electron chi connectivity index (χ3n) is 2.06. The van der Waals surface area contributed by atoms with Crippen LogP contribution in [0.5, 0.6) is 0 Å². The van der Waals surface area contributed by atoms with Crippen molar-refractivity contribution >= 4 is 17.0 Å². The van der Waals surface area contributed by atoms with Gasteiger partial charge in [0.2, 0.25) is 5.95 Å². The Morgan fingerprint density at radius 1 is 1.50 bits per heavy atom. The van der Waals surface area contributed by atoms with Gasteiger partial charge in [-0.05, 0) is 12.1 Å². The fraction of sp³-hybridized carbons (Fsp3) is 0.222. The fourth-order valence-electron chi connectivity index (χ4n) is 1.32. The van der Waals surface area contributed by atoms with E-state index >= 15 is 0 Å². The van der Waals surface area contributed by atoms with E-state index in [1.165, 1.54) is 4.57 Å². The highest BCUT2D eigenvalue weighted by atomic mass is 16.1. The van der Waals surface area contributed by atoms with Crippen LogP contribution in [0.25, 0.3) is 11.0 Å². The molecule has 5 heteroatoms. The summed E-state index contributed by atoms with van der Waals surface area (Å²) in [4.78, 5) is 20.0. The molecule has 0 saturated carbocycles. The highest BCUT2D eigenvalue weighted by Gasteiger charge is 2.06. The summed E-state index contributed by atoms with van der Waals surface area (Å²) in [6, 6.07) is 3.53. The lowest BCUT2D eigenvalue weighted by Gasteiger charge is -2.06. The summed E-state index contributed by atoms with van der Waals surface area (Å²) >= 11 is 0. The molecule has 72 valence electrons. The molecule has 0 fully saturated rings. The van der Waals surface area contributed by atoms with Crippen molar-refractivity contribution in [1.82, 2.24) is 14.5 Å². The lowest BCUT2D eigenvalue weighted by atomic mass is 10.3. The minimum atomic E-state index is -0.139. The summed E-state index contributed by atoms with van der Waals surface area (Å²) in [5.74, 6) is 0.538. The van der Waals surface area contributed by atoms with Gasteiger partial charge in [-0.25, -0.2) is 9.97 Å². The summed E-state index contributed by atoms with van der Waals surface area (Å²) in [5.41, 5.74) is 0.869. The maximum Gasteiger partial charge on any atom is 0.281 e. The molecule has 0 amide bonds. The van der Waals surface area contributed by atoms with E-state index in [9.17, 15) is 4.79 Å². The van der Waals surface area contributed by atoms with E-state index in [1.807, 2.05) is 0 Å². The lowest BCUT2D eigenvalue weighted by Crippen LogP contribution is -2.21. The Morgan fingerprint density at radius 3 is 3.00 bits per heavy atom. The van der Waals surface area contributed by atoms with Crippen molar-refractivity contribution in [1.29, 1.82) is 0 Å². The largest absolute Gasteiger partial charge is 0.359 e. The van der Waals surface area contributed by atoms with Gasteiger partial charge < -0.3 is 5.32 Å². The molecule has 2 rings (SSSR count). The van der Waals surface area contributed by atoms with E-state index in [2.05, 4.69) is 15.3 Å². The van der Waals surface area contributed by atoms with E-state index < -0.39 is 0 Å². The zero-order valence-electron chi connectivity index (χ0n) is 7.98. The molecular weight excluding hydrogens is 180 g/mol. The Morgan fingerprint density at radius 2 is 2.29 bits per heavy atom.